The molecule has 0 saturated heterocycles. The number of hydrogen-bond donors (Lipinski definition) is 1. The zero-order valence-corrected chi connectivity index (χ0v) is 25.1. The fraction of sp³-hybridized carbons (Fsp3) is 0.172. The van der Waals surface area contributed by atoms with Crippen LogP contribution in [0, 0.1) is 5.82 Å². The predicted octanol–water partition coefficient (Wildman–Crippen LogP) is 5.65. The van der Waals surface area contributed by atoms with Crippen LogP contribution in [0.4, 0.5) is 15.9 Å². The zero-order valence-electron chi connectivity index (χ0n) is 22.7. The van der Waals surface area contributed by atoms with Gasteiger partial charge in [0, 0.05) is 40.7 Å². The van der Waals surface area contributed by atoms with Crippen LogP contribution < -0.4 is 10.1 Å². The number of nitrogens with zero attached hydrogens (tertiary/aromatic N) is 3. The lowest BCUT2D eigenvalue weighted by atomic mass is 10.1. The third kappa shape index (κ3) is 8.15. The molecule has 1 unspecified atom stereocenters. The van der Waals surface area contributed by atoms with E-state index in [2.05, 4.69) is 15.3 Å². The number of anilines is 2. The average molecular weight is 644 g/mol. The van der Waals surface area contributed by atoms with Crippen LogP contribution in [0.25, 0.3) is 22.2 Å². The van der Waals surface area contributed by atoms with Crippen LogP contribution in [0.3, 0.4) is 0 Å². The van der Waals surface area contributed by atoms with Crippen molar-refractivity contribution in [3.05, 3.63) is 101 Å². The van der Waals surface area contributed by atoms with E-state index in [9.17, 15) is 21.6 Å². The highest BCUT2D eigenvalue weighted by molar-refractivity contribution is 7.90. The quantitative estimate of drug-likeness (QED) is 0.171. The number of benzene rings is 3. The van der Waals surface area contributed by atoms with Crippen LogP contribution in [0.1, 0.15) is 11.3 Å². The second kappa shape index (κ2) is 13.2. The van der Waals surface area contributed by atoms with E-state index in [1.54, 1.807) is 48.5 Å². The number of sulfone groups is 1. The molecule has 14 heteroatoms. The van der Waals surface area contributed by atoms with Crippen LogP contribution in [0.5, 0.6) is 5.75 Å². The molecule has 0 amide bonds. The number of aromatic nitrogens is 2. The fourth-order valence-corrected chi connectivity index (χ4v) is 5.57. The molecule has 0 aliphatic heterocycles. The molecular weight excluding hydrogens is 619 g/mol. The van der Waals surface area contributed by atoms with E-state index in [1.165, 1.54) is 18.5 Å². The van der Waals surface area contributed by atoms with Gasteiger partial charge in [-0.25, -0.2) is 27.1 Å². The number of nitrogens with one attached hydrogen (secondary N) is 1. The molecule has 0 fully saturated rings. The van der Waals surface area contributed by atoms with E-state index in [4.69, 9.17) is 20.8 Å². The van der Waals surface area contributed by atoms with Gasteiger partial charge in [-0.15, -0.1) is 0 Å². The maximum absolute atomic E-state index is 13.5. The van der Waals surface area contributed by atoms with Crippen LogP contribution in [0.2, 0.25) is 5.02 Å². The number of hydrogen-bond acceptors (Lipinski definition) is 9. The molecule has 5 rings (SSSR count). The van der Waals surface area contributed by atoms with Gasteiger partial charge in [0.1, 0.15) is 51.7 Å². The summed E-state index contributed by atoms with van der Waals surface area (Å²) in [4.78, 5) is 8.73. The van der Waals surface area contributed by atoms with Gasteiger partial charge in [-0.3, -0.25) is 4.21 Å². The van der Waals surface area contributed by atoms with E-state index < -0.39 is 21.1 Å². The van der Waals surface area contributed by atoms with Gasteiger partial charge in [0.2, 0.25) is 0 Å². The van der Waals surface area contributed by atoms with Gasteiger partial charge >= 0.3 is 0 Å². The monoisotopic (exact) mass is 643 g/mol. The molecule has 224 valence electrons. The van der Waals surface area contributed by atoms with E-state index in [0.717, 1.165) is 10.6 Å². The summed E-state index contributed by atoms with van der Waals surface area (Å²) >= 11 is 3.83. The van der Waals surface area contributed by atoms with E-state index in [-0.39, 0.29) is 31.3 Å². The van der Waals surface area contributed by atoms with Crippen molar-refractivity contribution in [1.82, 2.24) is 14.3 Å². The Balaban J connectivity index is 1.32. The molecule has 0 saturated carbocycles. The van der Waals surface area contributed by atoms with Crippen molar-refractivity contribution in [3.8, 4) is 17.1 Å². The molecule has 0 bridgehead atoms. The summed E-state index contributed by atoms with van der Waals surface area (Å²) < 4.78 is 72.3. The van der Waals surface area contributed by atoms with E-state index in [1.807, 2.05) is 12.1 Å². The third-order valence-electron chi connectivity index (χ3n) is 6.31. The molecule has 1 atom stereocenters. The van der Waals surface area contributed by atoms with Crippen molar-refractivity contribution < 1.29 is 30.7 Å². The lowest BCUT2D eigenvalue weighted by Gasteiger charge is -2.22. The van der Waals surface area contributed by atoms with Crippen molar-refractivity contribution in [3.63, 3.8) is 0 Å². The molecule has 0 aliphatic rings. The maximum Gasteiger partial charge on any atom is 0.148 e. The Morgan fingerprint density at radius 2 is 1.93 bits per heavy atom. The Hall–Kier alpha value is -3.88. The second-order valence-electron chi connectivity index (χ2n) is 9.62. The molecule has 0 aliphatic carbocycles. The summed E-state index contributed by atoms with van der Waals surface area (Å²) in [6.45, 7) is -0.138. The van der Waals surface area contributed by atoms with Crippen LogP contribution in [-0.4, -0.2) is 50.0 Å². The van der Waals surface area contributed by atoms with Crippen molar-refractivity contribution in [1.29, 1.82) is 0 Å². The topological polar surface area (TPSA) is 138 Å². The SMILES string of the molecule is CS(=O)(=O)CCN(Cc1ccc(-c2ccc3ncnc(Nc4ccc(OCc5cccc(F)c5)c(Cl)c4)c3c2)o1)S(=O)[O-]. The highest BCUT2D eigenvalue weighted by Crippen LogP contribution is 2.33. The molecule has 2 heterocycles. The highest BCUT2D eigenvalue weighted by Gasteiger charge is 2.15. The Kier molecular flexibility index (Phi) is 9.37. The Labute approximate surface area is 254 Å². The van der Waals surface area contributed by atoms with Gasteiger partial charge in [-0.1, -0.05) is 23.7 Å². The molecular formula is C29H25ClFN4O6S2-. The molecule has 1 N–H and O–H groups in total. The van der Waals surface area contributed by atoms with E-state index in [0.29, 0.717) is 55.8 Å². The summed E-state index contributed by atoms with van der Waals surface area (Å²) in [5, 5.41) is 4.29. The lowest BCUT2D eigenvalue weighted by molar-refractivity contribution is 0.306. The Bertz CT molecular complexity index is 1900. The number of furan rings is 1. The van der Waals surface area contributed by atoms with Gasteiger partial charge in [0.05, 0.1) is 22.8 Å². The molecule has 10 nitrogen and oxygen atoms in total. The number of fused-ring (bicyclic) bond motifs is 1. The van der Waals surface area contributed by atoms with Gasteiger partial charge in [0.15, 0.2) is 0 Å². The Morgan fingerprint density at radius 1 is 1.09 bits per heavy atom. The first-order valence-corrected chi connectivity index (χ1v) is 16.3. The summed E-state index contributed by atoms with van der Waals surface area (Å²) in [5.74, 6) is 1.14. The van der Waals surface area contributed by atoms with E-state index >= 15 is 0 Å². The summed E-state index contributed by atoms with van der Waals surface area (Å²) in [5.41, 5.74) is 2.69. The molecule has 0 spiro atoms. The molecule has 2 aromatic heterocycles. The van der Waals surface area contributed by atoms with Crippen LogP contribution >= 0.6 is 11.6 Å². The van der Waals surface area contributed by atoms with Gasteiger partial charge in [0.25, 0.3) is 0 Å². The maximum atomic E-state index is 13.5. The molecule has 5 aromatic rings. The first kappa shape index (κ1) is 30.6. The summed E-state index contributed by atoms with van der Waals surface area (Å²) in [6.07, 6.45) is 2.48. The van der Waals surface area contributed by atoms with Crippen molar-refractivity contribution in [2.24, 2.45) is 0 Å². The first-order chi connectivity index (χ1) is 20.5. The van der Waals surface area contributed by atoms with Crippen molar-refractivity contribution >= 4 is 55.1 Å². The average Bonchev–Trinajstić information content (AvgIpc) is 3.43. The minimum atomic E-state index is -3.34. The summed E-state index contributed by atoms with van der Waals surface area (Å²) in [6, 6.07) is 20.1. The summed E-state index contributed by atoms with van der Waals surface area (Å²) in [7, 11) is -3.34. The minimum Gasteiger partial charge on any atom is -0.760 e. The predicted molar refractivity (Wildman–Crippen MR) is 162 cm³/mol. The van der Waals surface area contributed by atoms with Gasteiger partial charge in [-0.2, -0.15) is 0 Å². The largest absolute Gasteiger partial charge is 0.760 e. The molecule has 0 radical (unpaired) electrons. The molecule has 3 aromatic carbocycles. The third-order valence-corrected chi connectivity index (χ3v) is 8.27. The minimum absolute atomic E-state index is 0.113. The van der Waals surface area contributed by atoms with Crippen molar-refractivity contribution in [2.75, 3.05) is 23.9 Å². The van der Waals surface area contributed by atoms with Gasteiger partial charge < -0.3 is 19.0 Å². The van der Waals surface area contributed by atoms with Crippen molar-refractivity contribution in [2.45, 2.75) is 13.2 Å². The van der Waals surface area contributed by atoms with Crippen LogP contribution in [0.15, 0.2) is 83.5 Å². The van der Waals surface area contributed by atoms with Crippen LogP contribution in [-0.2, 0) is 34.3 Å². The number of ether oxygens (including phenoxy) is 1. The standard InChI is InChI=1S/C29H26ClFN4O6S2/c1-43(38,39)12-11-35(42(36)37)16-23-7-10-27(41-23)20-5-8-26-24(14-20)29(33-18-32-26)34-22-6-9-28(25(30)15-22)40-17-19-3-2-4-21(31)13-19/h2-10,13-15,18H,11-12,16-17H2,1H3,(H,36,37)(H,32,33,34)/p-1. The normalized spacial score (nSPS) is 12.5. The number of halogens is 2. The number of rotatable bonds is 12. The Morgan fingerprint density at radius 3 is 2.67 bits per heavy atom. The molecule has 43 heavy (non-hydrogen) atoms. The second-order valence-corrected chi connectivity index (χ2v) is 13.2. The smallest absolute Gasteiger partial charge is 0.148 e. The first-order valence-electron chi connectivity index (χ1n) is 12.8. The lowest BCUT2D eigenvalue weighted by Crippen LogP contribution is -2.30. The highest BCUT2D eigenvalue weighted by atomic mass is 35.5. The van der Waals surface area contributed by atoms with Gasteiger partial charge in [-0.05, 0) is 66.2 Å². The fourth-order valence-electron chi connectivity index (χ4n) is 4.20. The zero-order chi connectivity index (χ0) is 30.6.